The van der Waals surface area contributed by atoms with Gasteiger partial charge in [-0.1, -0.05) is 60.7 Å². The average molecular weight is 314 g/mol. The number of hydrogen-bond donors (Lipinski definition) is 1. The fraction of sp³-hybridized carbons (Fsp3) is 0.0667. The second kappa shape index (κ2) is 5.61. The minimum atomic E-state index is -3.67. The minimum Gasteiger partial charge on any atom is -0.335 e. The zero-order valence-corrected chi connectivity index (χ0v) is 12.4. The van der Waals surface area contributed by atoms with Crippen molar-refractivity contribution < 1.29 is 8.42 Å². The quantitative estimate of drug-likeness (QED) is 0.739. The van der Waals surface area contributed by atoms with E-state index in [1.807, 2.05) is 24.3 Å². The molecule has 0 aliphatic heterocycles. The van der Waals surface area contributed by atoms with Gasteiger partial charge in [0.2, 0.25) is 9.84 Å². The first kappa shape index (κ1) is 14.3. The van der Waals surface area contributed by atoms with Gasteiger partial charge in [0.15, 0.2) is 5.82 Å². The highest BCUT2D eigenvalue weighted by Gasteiger charge is 2.24. The van der Waals surface area contributed by atoms with Crippen molar-refractivity contribution in [3.05, 3.63) is 66.2 Å². The Bertz CT molecular complexity index is 874. The maximum absolute atomic E-state index is 12.5. The first-order valence-corrected chi connectivity index (χ1v) is 8.26. The Hall–Kier alpha value is -2.67. The third-order valence-corrected chi connectivity index (χ3v) is 4.72. The molecule has 0 aliphatic rings. The van der Waals surface area contributed by atoms with Crippen molar-refractivity contribution in [2.24, 2.45) is 0 Å². The summed E-state index contributed by atoms with van der Waals surface area (Å²) in [5.74, 6) is 6.03. The van der Waals surface area contributed by atoms with E-state index in [1.54, 1.807) is 36.4 Å². The molecule has 0 amide bonds. The number of nitrogen functional groups attached to an aromatic ring is 1. The smallest absolute Gasteiger partial charge is 0.268 e. The number of benzene rings is 2. The van der Waals surface area contributed by atoms with Crippen molar-refractivity contribution >= 4 is 9.84 Å². The van der Waals surface area contributed by atoms with Crippen LogP contribution in [0.1, 0.15) is 5.56 Å². The van der Waals surface area contributed by atoms with E-state index in [4.69, 9.17) is 5.84 Å². The summed E-state index contributed by atoms with van der Waals surface area (Å²) < 4.78 is 25.9. The third-order valence-electron chi connectivity index (χ3n) is 3.17. The van der Waals surface area contributed by atoms with Gasteiger partial charge in [-0.05, 0) is 5.56 Å². The van der Waals surface area contributed by atoms with Crippen LogP contribution in [-0.2, 0) is 15.6 Å². The van der Waals surface area contributed by atoms with Gasteiger partial charge in [-0.2, -0.15) is 0 Å². The summed E-state index contributed by atoms with van der Waals surface area (Å²) in [5.41, 5.74) is 1.38. The predicted molar refractivity (Wildman–Crippen MR) is 82.9 cm³/mol. The van der Waals surface area contributed by atoms with Crippen LogP contribution < -0.4 is 5.84 Å². The molecule has 0 saturated carbocycles. The van der Waals surface area contributed by atoms with Crippen LogP contribution in [0.3, 0.4) is 0 Å². The van der Waals surface area contributed by atoms with Gasteiger partial charge in [0.25, 0.3) is 5.16 Å². The molecule has 7 heteroatoms. The molecule has 22 heavy (non-hydrogen) atoms. The van der Waals surface area contributed by atoms with Gasteiger partial charge < -0.3 is 5.84 Å². The van der Waals surface area contributed by atoms with Gasteiger partial charge in [-0.3, -0.25) is 0 Å². The number of nitrogens with two attached hydrogens (primary N) is 1. The SMILES string of the molecule is Nn1c(-c2ccccc2)nnc1S(=O)(=O)Cc1ccccc1. The predicted octanol–water partition coefficient (Wildman–Crippen LogP) is 1.63. The zero-order valence-electron chi connectivity index (χ0n) is 11.6. The lowest BCUT2D eigenvalue weighted by atomic mass is 10.2. The van der Waals surface area contributed by atoms with Gasteiger partial charge in [0, 0.05) is 5.56 Å². The largest absolute Gasteiger partial charge is 0.335 e. The van der Waals surface area contributed by atoms with Gasteiger partial charge in [-0.25, -0.2) is 13.1 Å². The van der Waals surface area contributed by atoms with Crippen molar-refractivity contribution in [2.75, 3.05) is 5.84 Å². The number of sulfone groups is 1. The summed E-state index contributed by atoms with van der Waals surface area (Å²) in [5, 5.41) is 7.42. The third kappa shape index (κ3) is 2.71. The van der Waals surface area contributed by atoms with Crippen LogP contribution in [0.15, 0.2) is 65.8 Å². The van der Waals surface area contributed by atoms with E-state index in [0.717, 1.165) is 4.68 Å². The lowest BCUT2D eigenvalue weighted by Crippen LogP contribution is -2.19. The molecule has 0 fully saturated rings. The summed E-state index contributed by atoms with van der Waals surface area (Å²) in [4.78, 5) is 0. The Labute approximate surface area is 128 Å². The molecule has 3 rings (SSSR count). The van der Waals surface area contributed by atoms with Gasteiger partial charge in [-0.15, -0.1) is 10.2 Å². The Morgan fingerprint density at radius 3 is 2.14 bits per heavy atom. The molecule has 0 bridgehead atoms. The number of hydrogen-bond acceptors (Lipinski definition) is 5. The highest BCUT2D eigenvalue weighted by Crippen LogP contribution is 2.20. The molecular formula is C15H14N4O2S. The summed E-state index contributed by atoms with van der Waals surface area (Å²) >= 11 is 0. The monoisotopic (exact) mass is 314 g/mol. The van der Waals surface area contributed by atoms with Crippen molar-refractivity contribution in [3.63, 3.8) is 0 Å². The van der Waals surface area contributed by atoms with Gasteiger partial charge >= 0.3 is 0 Å². The summed E-state index contributed by atoms with van der Waals surface area (Å²) in [7, 11) is -3.67. The molecule has 1 heterocycles. The van der Waals surface area contributed by atoms with Crippen LogP contribution in [0.2, 0.25) is 0 Å². The number of nitrogens with zero attached hydrogens (tertiary/aromatic N) is 3. The van der Waals surface area contributed by atoms with Crippen LogP contribution in [0.4, 0.5) is 0 Å². The fourth-order valence-corrected chi connectivity index (χ4v) is 3.44. The minimum absolute atomic E-state index is 0.169. The Morgan fingerprint density at radius 1 is 0.909 bits per heavy atom. The molecule has 0 radical (unpaired) electrons. The van der Waals surface area contributed by atoms with Crippen molar-refractivity contribution in [1.29, 1.82) is 0 Å². The van der Waals surface area contributed by atoms with Gasteiger partial charge in [0.05, 0.1) is 5.75 Å². The van der Waals surface area contributed by atoms with Crippen LogP contribution in [0.25, 0.3) is 11.4 Å². The standard InChI is InChI=1S/C15H14N4O2S/c16-19-14(13-9-5-2-6-10-13)17-18-15(19)22(20,21)11-12-7-3-1-4-8-12/h1-10H,11,16H2. The maximum atomic E-state index is 12.5. The first-order chi connectivity index (χ1) is 10.6. The summed E-state index contributed by atoms with van der Waals surface area (Å²) in [6, 6.07) is 18.0. The summed E-state index contributed by atoms with van der Waals surface area (Å²) in [6.07, 6.45) is 0. The van der Waals surface area contributed by atoms with E-state index in [1.165, 1.54) is 0 Å². The topological polar surface area (TPSA) is 90.9 Å². The molecule has 2 N–H and O–H groups in total. The van der Waals surface area contributed by atoms with Gasteiger partial charge in [0.1, 0.15) is 0 Å². The van der Waals surface area contributed by atoms with E-state index < -0.39 is 9.84 Å². The number of rotatable bonds is 4. The normalized spacial score (nSPS) is 11.5. The highest BCUT2D eigenvalue weighted by atomic mass is 32.2. The van der Waals surface area contributed by atoms with E-state index in [2.05, 4.69) is 10.2 Å². The molecule has 0 atom stereocenters. The lowest BCUT2D eigenvalue weighted by molar-refractivity contribution is 0.581. The molecular weight excluding hydrogens is 300 g/mol. The number of aromatic nitrogens is 3. The van der Waals surface area contributed by atoms with E-state index in [0.29, 0.717) is 17.0 Å². The maximum Gasteiger partial charge on any atom is 0.268 e. The van der Waals surface area contributed by atoms with Crippen LogP contribution in [0, 0.1) is 0 Å². The van der Waals surface area contributed by atoms with Crippen LogP contribution in [0.5, 0.6) is 0 Å². The molecule has 0 unspecified atom stereocenters. The molecule has 6 nitrogen and oxygen atoms in total. The van der Waals surface area contributed by atoms with E-state index in [9.17, 15) is 8.42 Å². The second-order valence-corrected chi connectivity index (χ2v) is 6.67. The molecule has 112 valence electrons. The average Bonchev–Trinajstić information content (AvgIpc) is 2.91. The van der Waals surface area contributed by atoms with Crippen LogP contribution in [-0.4, -0.2) is 23.3 Å². The molecule has 2 aromatic carbocycles. The summed E-state index contributed by atoms with van der Waals surface area (Å²) in [6.45, 7) is 0. The van der Waals surface area contributed by atoms with E-state index in [-0.39, 0.29) is 10.9 Å². The second-order valence-electron chi connectivity index (χ2n) is 4.79. The Balaban J connectivity index is 1.97. The molecule has 0 spiro atoms. The molecule has 3 aromatic rings. The van der Waals surface area contributed by atoms with Crippen molar-refractivity contribution in [3.8, 4) is 11.4 Å². The molecule has 0 aliphatic carbocycles. The Morgan fingerprint density at radius 2 is 1.50 bits per heavy atom. The van der Waals surface area contributed by atoms with E-state index >= 15 is 0 Å². The van der Waals surface area contributed by atoms with Crippen molar-refractivity contribution in [1.82, 2.24) is 14.9 Å². The zero-order chi connectivity index (χ0) is 15.6. The van der Waals surface area contributed by atoms with Crippen LogP contribution >= 0.6 is 0 Å². The highest BCUT2D eigenvalue weighted by molar-refractivity contribution is 7.90. The molecule has 0 saturated heterocycles. The lowest BCUT2D eigenvalue weighted by Gasteiger charge is -2.05. The fourth-order valence-electron chi connectivity index (χ4n) is 2.13. The van der Waals surface area contributed by atoms with Crippen molar-refractivity contribution in [2.45, 2.75) is 10.9 Å². The molecule has 1 aromatic heterocycles. The first-order valence-electron chi connectivity index (χ1n) is 6.60. The Kier molecular flexibility index (Phi) is 3.64.